The molecule has 3 rings (SSSR count). The molecule has 7 heteroatoms. The third-order valence-electron chi connectivity index (χ3n) is 4.51. The highest BCUT2D eigenvalue weighted by Gasteiger charge is 2.32. The summed E-state index contributed by atoms with van der Waals surface area (Å²) in [4.78, 5) is 15.1. The summed E-state index contributed by atoms with van der Waals surface area (Å²) in [7, 11) is 1.59. The van der Waals surface area contributed by atoms with Gasteiger partial charge >= 0.3 is 0 Å². The Bertz CT molecular complexity index is 736. The molecule has 7 nitrogen and oxygen atoms in total. The minimum Gasteiger partial charge on any atom is -0.494 e. The van der Waals surface area contributed by atoms with Crippen molar-refractivity contribution in [3.8, 4) is 11.4 Å². The van der Waals surface area contributed by atoms with Crippen molar-refractivity contribution < 1.29 is 9.53 Å². The Hall–Kier alpha value is -2.44. The lowest BCUT2D eigenvalue weighted by atomic mass is 9.87. The Morgan fingerprint density at radius 2 is 2.16 bits per heavy atom. The molecule has 0 N–H and O–H groups in total. The van der Waals surface area contributed by atoms with Crippen molar-refractivity contribution >= 4 is 5.91 Å². The Morgan fingerprint density at radius 3 is 2.80 bits per heavy atom. The van der Waals surface area contributed by atoms with Crippen LogP contribution in [0.3, 0.4) is 0 Å². The summed E-state index contributed by atoms with van der Waals surface area (Å²) in [5.74, 6) is 0.681. The van der Waals surface area contributed by atoms with Gasteiger partial charge in [-0.2, -0.15) is 4.68 Å². The smallest absolute Gasteiger partial charge is 0.254 e. The van der Waals surface area contributed by atoms with Gasteiger partial charge in [0.25, 0.3) is 5.91 Å². The molecular formula is C18H25N5O2. The number of nitrogens with zero attached hydrogens (tertiary/aromatic N) is 5. The average molecular weight is 343 g/mol. The molecule has 1 aliphatic heterocycles. The summed E-state index contributed by atoms with van der Waals surface area (Å²) in [5.41, 5.74) is 1.49. The van der Waals surface area contributed by atoms with E-state index in [0.717, 1.165) is 25.8 Å². The zero-order valence-corrected chi connectivity index (χ0v) is 15.3. The number of likely N-dealkylation sites (tertiary alicyclic amines) is 1. The van der Waals surface area contributed by atoms with E-state index in [9.17, 15) is 4.79 Å². The van der Waals surface area contributed by atoms with Crippen molar-refractivity contribution in [2.45, 2.75) is 46.1 Å². The van der Waals surface area contributed by atoms with E-state index in [4.69, 9.17) is 4.74 Å². The van der Waals surface area contributed by atoms with Crippen molar-refractivity contribution in [3.63, 3.8) is 0 Å². The minimum absolute atomic E-state index is 0.0590. The van der Waals surface area contributed by atoms with Crippen LogP contribution in [0.25, 0.3) is 5.69 Å². The van der Waals surface area contributed by atoms with E-state index in [1.807, 2.05) is 11.0 Å². The van der Waals surface area contributed by atoms with E-state index in [0.29, 0.717) is 23.0 Å². The highest BCUT2D eigenvalue weighted by atomic mass is 16.5. The van der Waals surface area contributed by atoms with Gasteiger partial charge in [0.2, 0.25) is 0 Å². The lowest BCUT2D eigenvalue weighted by Crippen LogP contribution is -2.37. The van der Waals surface area contributed by atoms with Crippen molar-refractivity contribution in [1.82, 2.24) is 25.1 Å². The Labute approximate surface area is 148 Å². The summed E-state index contributed by atoms with van der Waals surface area (Å²) >= 11 is 0. The van der Waals surface area contributed by atoms with E-state index in [1.165, 1.54) is 11.0 Å². The van der Waals surface area contributed by atoms with Gasteiger partial charge in [-0.05, 0) is 53.3 Å². The Morgan fingerprint density at radius 1 is 1.36 bits per heavy atom. The van der Waals surface area contributed by atoms with Gasteiger partial charge in [-0.25, -0.2) is 0 Å². The topological polar surface area (TPSA) is 73.1 Å². The highest BCUT2D eigenvalue weighted by molar-refractivity contribution is 5.95. The molecule has 25 heavy (non-hydrogen) atoms. The monoisotopic (exact) mass is 343 g/mol. The fraction of sp³-hybridized carbons (Fsp3) is 0.556. The number of methoxy groups -OCH3 is 1. The standard InChI is InChI=1S/C18H25N5O2/c1-18(2,3)11-14-6-5-9-22(14)17(24)13-7-8-16(25-4)15(10-13)23-12-19-20-21-23/h7-8,10,12,14H,5-6,9,11H2,1-4H3/t14-/m1/s1. The van der Waals surface area contributed by atoms with Gasteiger partial charge < -0.3 is 9.64 Å². The van der Waals surface area contributed by atoms with Crippen LogP contribution in [0.5, 0.6) is 5.75 Å². The normalized spacial score (nSPS) is 17.8. The summed E-state index contributed by atoms with van der Waals surface area (Å²) < 4.78 is 6.88. The molecule has 0 unspecified atom stereocenters. The second-order valence-electron chi connectivity index (χ2n) is 7.70. The van der Waals surface area contributed by atoms with Gasteiger partial charge in [-0.3, -0.25) is 4.79 Å². The molecule has 1 aromatic carbocycles. The van der Waals surface area contributed by atoms with Crippen molar-refractivity contribution in [2.75, 3.05) is 13.7 Å². The zero-order chi connectivity index (χ0) is 18.0. The van der Waals surface area contributed by atoms with E-state index >= 15 is 0 Å². The second kappa shape index (κ2) is 6.82. The van der Waals surface area contributed by atoms with Crippen LogP contribution < -0.4 is 4.74 Å². The fourth-order valence-corrected chi connectivity index (χ4v) is 3.46. The molecule has 2 aromatic rings. The van der Waals surface area contributed by atoms with E-state index < -0.39 is 0 Å². The molecule has 1 amide bonds. The second-order valence-corrected chi connectivity index (χ2v) is 7.70. The van der Waals surface area contributed by atoms with Crippen molar-refractivity contribution in [1.29, 1.82) is 0 Å². The first kappa shape index (κ1) is 17.4. The van der Waals surface area contributed by atoms with E-state index in [2.05, 4.69) is 36.3 Å². The van der Waals surface area contributed by atoms with Crippen molar-refractivity contribution in [2.24, 2.45) is 5.41 Å². The molecule has 1 atom stereocenters. The molecule has 1 aliphatic rings. The molecule has 0 aliphatic carbocycles. The number of amides is 1. The van der Waals surface area contributed by atoms with Gasteiger partial charge in [0.05, 0.1) is 7.11 Å². The number of hydrogen-bond donors (Lipinski definition) is 0. The minimum atomic E-state index is 0.0590. The SMILES string of the molecule is COc1ccc(C(=O)N2CCC[C@@H]2CC(C)(C)C)cc1-n1cnnn1. The fourth-order valence-electron chi connectivity index (χ4n) is 3.46. The number of hydrogen-bond acceptors (Lipinski definition) is 5. The van der Waals surface area contributed by atoms with Gasteiger partial charge in [-0.1, -0.05) is 20.8 Å². The van der Waals surface area contributed by atoms with Crippen molar-refractivity contribution in [3.05, 3.63) is 30.1 Å². The molecule has 0 spiro atoms. The number of tetrazole rings is 1. The highest BCUT2D eigenvalue weighted by Crippen LogP contribution is 2.31. The number of ether oxygens (including phenoxy) is 1. The number of aromatic nitrogens is 4. The van der Waals surface area contributed by atoms with Crippen LogP contribution in [0.4, 0.5) is 0 Å². The summed E-state index contributed by atoms with van der Waals surface area (Å²) in [6.45, 7) is 7.47. The molecule has 0 bridgehead atoms. The Kier molecular flexibility index (Phi) is 4.74. The first-order chi connectivity index (χ1) is 11.9. The predicted molar refractivity (Wildman–Crippen MR) is 93.8 cm³/mol. The van der Waals surface area contributed by atoms with Gasteiger partial charge in [0.15, 0.2) is 0 Å². The average Bonchev–Trinajstić information content (AvgIpc) is 3.23. The first-order valence-electron chi connectivity index (χ1n) is 8.61. The van der Waals surface area contributed by atoms with Crippen LogP contribution >= 0.6 is 0 Å². The molecule has 0 saturated carbocycles. The van der Waals surface area contributed by atoms with Crippen LogP contribution in [0, 0.1) is 5.41 Å². The first-order valence-corrected chi connectivity index (χ1v) is 8.61. The van der Waals surface area contributed by atoms with Crippen LogP contribution in [-0.2, 0) is 0 Å². The maximum absolute atomic E-state index is 13.1. The van der Waals surface area contributed by atoms with Crippen LogP contribution in [0.1, 0.15) is 50.4 Å². The summed E-state index contributed by atoms with van der Waals surface area (Å²) in [6, 6.07) is 5.69. The van der Waals surface area contributed by atoms with E-state index in [1.54, 1.807) is 19.2 Å². The van der Waals surface area contributed by atoms with Gasteiger partial charge in [0.1, 0.15) is 17.8 Å². The van der Waals surface area contributed by atoms with E-state index in [-0.39, 0.29) is 11.3 Å². The number of benzene rings is 1. The molecule has 1 fully saturated rings. The molecule has 0 radical (unpaired) electrons. The largest absolute Gasteiger partial charge is 0.494 e. The molecule has 2 heterocycles. The molecule has 1 aromatic heterocycles. The van der Waals surface area contributed by atoms with Gasteiger partial charge in [0, 0.05) is 18.2 Å². The predicted octanol–water partition coefficient (Wildman–Crippen LogP) is 2.71. The van der Waals surface area contributed by atoms with Crippen LogP contribution in [-0.4, -0.2) is 50.7 Å². The van der Waals surface area contributed by atoms with Crippen LogP contribution in [0.15, 0.2) is 24.5 Å². The van der Waals surface area contributed by atoms with Crippen LogP contribution in [0.2, 0.25) is 0 Å². The number of carbonyl (C=O) groups is 1. The maximum Gasteiger partial charge on any atom is 0.254 e. The lowest BCUT2D eigenvalue weighted by Gasteiger charge is -2.30. The molecule has 1 saturated heterocycles. The quantitative estimate of drug-likeness (QED) is 0.853. The maximum atomic E-state index is 13.1. The summed E-state index contributed by atoms with van der Waals surface area (Å²) in [5, 5.41) is 11.2. The van der Waals surface area contributed by atoms with Gasteiger partial charge in [-0.15, -0.1) is 5.10 Å². The molecular weight excluding hydrogens is 318 g/mol. The number of rotatable bonds is 4. The number of carbonyl (C=O) groups excluding carboxylic acids is 1. The molecule has 134 valence electrons. The Balaban J connectivity index is 1.88. The third kappa shape index (κ3) is 3.81. The zero-order valence-electron chi connectivity index (χ0n) is 15.3. The summed E-state index contributed by atoms with van der Waals surface area (Å²) in [6.07, 6.45) is 4.63. The lowest BCUT2D eigenvalue weighted by molar-refractivity contribution is 0.0704. The third-order valence-corrected chi connectivity index (χ3v) is 4.51.